The van der Waals surface area contributed by atoms with Gasteiger partial charge in [-0.3, -0.25) is 0 Å². The van der Waals surface area contributed by atoms with Crippen molar-refractivity contribution in [3.63, 3.8) is 0 Å². The minimum absolute atomic E-state index is 0.0481. The Labute approximate surface area is 95.9 Å². The second kappa shape index (κ2) is 6.53. The third-order valence-corrected chi connectivity index (χ3v) is 3.22. The standard InChI is InChI=1S/C10H16O.C2H4O3/c11-10-6-4-8-2-1-3-9(8)5-7-10;1-5-2(3)4/h4,9-11H,1-3,5-7H2;1H3,(H,3,4). The highest BCUT2D eigenvalue weighted by Crippen LogP contribution is 2.37. The van der Waals surface area contributed by atoms with Gasteiger partial charge in [0.25, 0.3) is 0 Å². The van der Waals surface area contributed by atoms with E-state index in [9.17, 15) is 5.11 Å². The average molecular weight is 228 g/mol. The van der Waals surface area contributed by atoms with E-state index in [-0.39, 0.29) is 6.10 Å². The summed E-state index contributed by atoms with van der Waals surface area (Å²) in [5.74, 6) is 0.840. The Morgan fingerprint density at radius 1 is 1.44 bits per heavy atom. The molecule has 0 aliphatic heterocycles. The third kappa shape index (κ3) is 4.23. The van der Waals surface area contributed by atoms with Gasteiger partial charge in [0.1, 0.15) is 0 Å². The monoisotopic (exact) mass is 228 g/mol. The van der Waals surface area contributed by atoms with E-state index in [0.717, 1.165) is 25.9 Å². The van der Waals surface area contributed by atoms with Gasteiger partial charge in [0.2, 0.25) is 0 Å². The summed E-state index contributed by atoms with van der Waals surface area (Å²) < 4.78 is 3.67. The van der Waals surface area contributed by atoms with E-state index in [4.69, 9.17) is 9.90 Å². The molecular weight excluding hydrogens is 208 g/mol. The van der Waals surface area contributed by atoms with Gasteiger partial charge in [-0.25, -0.2) is 4.79 Å². The van der Waals surface area contributed by atoms with Crippen molar-refractivity contribution in [3.05, 3.63) is 11.6 Å². The molecule has 0 saturated heterocycles. The largest absolute Gasteiger partial charge is 0.505 e. The minimum atomic E-state index is -1.25. The number of aliphatic hydroxyl groups is 1. The normalized spacial score (nSPS) is 28.0. The highest BCUT2D eigenvalue weighted by molar-refractivity contribution is 5.56. The Morgan fingerprint density at radius 2 is 2.12 bits per heavy atom. The maximum absolute atomic E-state index is 9.40. The second-order valence-corrected chi connectivity index (χ2v) is 4.31. The van der Waals surface area contributed by atoms with Crippen LogP contribution in [0, 0.1) is 5.92 Å². The van der Waals surface area contributed by atoms with Gasteiger partial charge in [0.15, 0.2) is 0 Å². The Balaban J connectivity index is 0.000000221. The van der Waals surface area contributed by atoms with Crippen LogP contribution in [0.4, 0.5) is 4.79 Å². The molecule has 0 radical (unpaired) electrons. The SMILES string of the molecule is COC(=O)O.OC1CC=C2CCCC2CC1. The topological polar surface area (TPSA) is 66.8 Å². The summed E-state index contributed by atoms with van der Waals surface area (Å²) in [5, 5.41) is 16.9. The zero-order valence-corrected chi connectivity index (χ0v) is 9.69. The lowest BCUT2D eigenvalue weighted by molar-refractivity contribution is 0.114. The molecule has 0 aromatic carbocycles. The van der Waals surface area contributed by atoms with Crippen LogP contribution in [0.2, 0.25) is 0 Å². The van der Waals surface area contributed by atoms with Crippen LogP contribution < -0.4 is 0 Å². The molecule has 4 nitrogen and oxygen atoms in total. The lowest BCUT2D eigenvalue weighted by atomic mass is 9.99. The maximum atomic E-state index is 9.40. The molecule has 2 aliphatic carbocycles. The number of rotatable bonds is 0. The van der Waals surface area contributed by atoms with Crippen molar-refractivity contribution in [2.24, 2.45) is 5.92 Å². The number of methoxy groups -OCH3 is 1. The maximum Gasteiger partial charge on any atom is 0.505 e. The van der Waals surface area contributed by atoms with Crippen LogP contribution in [0.3, 0.4) is 0 Å². The van der Waals surface area contributed by atoms with Crippen LogP contribution in [0.5, 0.6) is 0 Å². The van der Waals surface area contributed by atoms with Gasteiger partial charge >= 0.3 is 6.16 Å². The number of hydrogen-bond donors (Lipinski definition) is 2. The summed E-state index contributed by atoms with van der Waals surface area (Å²) in [4.78, 5) is 9.15. The minimum Gasteiger partial charge on any atom is -0.450 e. The van der Waals surface area contributed by atoms with E-state index in [2.05, 4.69) is 10.8 Å². The molecule has 1 saturated carbocycles. The molecule has 4 heteroatoms. The molecule has 2 aliphatic rings. The third-order valence-electron chi connectivity index (χ3n) is 3.22. The number of carbonyl (C=O) groups is 1. The van der Waals surface area contributed by atoms with E-state index in [0.29, 0.717) is 0 Å². The van der Waals surface area contributed by atoms with Crippen molar-refractivity contribution in [3.8, 4) is 0 Å². The highest BCUT2D eigenvalue weighted by Gasteiger charge is 2.23. The Hall–Kier alpha value is -1.03. The molecule has 0 bridgehead atoms. The average Bonchev–Trinajstić information content (AvgIpc) is 2.65. The Bertz CT molecular complexity index is 260. The molecular formula is C12H20O4. The van der Waals surface area contributed by atoms with Crippen LogP contribution in [0.15, 0.2) is 11.6 Å². The van der Waals surface area contributed by atoms with Crippen LogP contribution in [0.25, 0.3) is 0 Å². The van der Waals surface area contributed by atoms with Gasteiger partial charge in [-0.1, -0.05) is 11.6 Å². The predicted molar refractivity (Wildman–Crippen MR) is 60.3 cm³/mol. The van der Waals surface area contributed by atoms with E-state index < -0.39 is 6.16 Å². The molecule has 0 aromatic heterocycles. The van der Waals surface area contributed by atoms with Crippen molar-refractivity contribution in [2.45, 2.75) is 44.6 Å². The zero-order chi connectivity index (χ0) is 12.0. The van der Waals surface area contributed by atoms with E-state index in [1.54, 1.807) is 5.57 Å². The summed E-state index contributed by atoms with van der Waals surface area (Å²) >= 11 is 0. The molecule has 2 N–H and O–H groups in total. The summed E-state index contributed by atoms with van der Waals surface area (Å²) in [5.41, 5.74) is 1.64. The molecule has 2 unspecified atom stereocenters. The molecule has 0 aromatic rings. The van der Waals surface area contributed by atoms with Gasteiger partial charge in [-0.05, 0) is 44.4 Å². The van der Waals surface area contributed by atoms with Crippen molar-refractivity contribution in [1.29, 1.82) is 0 Å². The first-order valence-corrected chi connectivity index (χ1v) is 5.77. The fraction of sp³-hybridized carbons (Fsp3) is 0.750. The lowest BCUT2D eigenvalue weighted by Crippen LogP contribution is -2.04. The van der Waals surface area contributed by atoms with Gasteiger partial charge < -0.3 is 14.9 Å². The van der Waals surface area contributed by atoms with Crippen molar-refractivity contribution in [2.75, 3.05) is 7.11 Å². The molecule has 92 valence electrons. The summed E-state index contributed by atoms with van der Waals surface area (Å²) in [6.07, 6.45) is 8.21. The number of ether oxygens (including phenoxy) is 1. The van der Waals surface area contributed by atoms with E-state index in [1.807, 2.05) is 0 Å². The molecule has 2 atom stereocenters. The predicted octanol–water partition coefficient (Wildman–Crippen LogP) is 2.57. The van der Waals surface area contributed by atoms with Crippen LogP contribution in [-0.4, -0.2) is 29.6 Å². The summed E-state index contributed by atoms with van der Waals surface area (Å²) in [6, 6.07) is 0. The number of carboxylic acid groups (broad SMARTS) is 1. The molecule has 0 heterocycles. The smallest absolute Gasteiger partial charge is 0.450 e. The number of fused-ring (bicyclic) bond motifs is 1. The number of hydrogen-bond acceptors (Lipinski definition) is 3. The zero-order valence-electron chi connectivity index (χ0n) is 9.69. The highest BCUT2D eigenvalue weighted by atomic mass is 16.6. The first-order valence-electron chi connectivity index (χ1n) is 5.77. The molecule has 1 fully saturated rings. The fourth-order valence-electron chi connectivity index (χ4n) is 2.34. The first kappa shape index (κ1) is 13.0. The van der Waals surface area contributed by atoms with E-state index in [1.165, 1.54) is 25.7 Å². The summed E-state index contributed by atoms with van der Waals surface area (Å²) in [6.45, 7) is 0. The second-order valence-electron chi connectivity index (χ2n) is 4.31. The van der Waals surface area contributed by atoms with E-state index >= 15 is 0 Å². The van der Waals surface area contributed by atoms with Gasteiger partial charge in [0, 0.05) is 0 Å². The quantitative estimate of drug-likeness (QED) is 0.494. The van der Waals surface area contributed by atoms with Crippen molar-refractivity contribution in [1.82, 2.24) is 0 Å². The molecule has 16 heavy (non-hydrogen) atoms. The van der Waals surface area contributed by atoms with Gasteiger partial charge in [0.05, 0.1) is 13.2 Å². The molecule has 2 rings (SSSR count). The number of aliphatic hydroxyl groups excluding tert-OH is 1. The molecule has 0 amide bonds. The summed E-state index contributed by atoms with van der Waals surface area (Å²) in [7, 11) is 1.10. The van der Waals surface area contributed by atoms with Crippen LogP contribution in [0.1, 0.15) is 38.5 Å². The Morgan fingerprint density at radius 3 is 2.75 bits per heavy atom. The van der Waals surface area contributed by atoms with Crippen molar-refractivity contribution < 1.29 is 19.7 Å². The lowest BCUT2D eigenvalue weighted by Gasteiger charge is -2.08. The van der Waals surface area contributed by atoms with Crippen molar-refractivity contribution >= 4 is 6.16 Å². The fourth-order valence-corrected chi connectivity index (χ4v) is 2.34. The Kier molecular flexibility index (Phi) is 5.32. The van der Waals surface area contributed by atoms with Gasteiger partial charge in [-0.2, -0.15) is 0 Å². The number of allylic oxidation sites excluding steroid dienone is 1. The van der Waals surface area contributed by atoms with Gasteiger partial charge in [-0.15, -0.1) is 0 Å². The van der Waals surface area contributed by atoms with Crippen LogP contribution >= 0.6 is 0 Å². The first-order chi connectivity index (χ1) is 7.63. The molecule has 0 spiro atoms. The van der Waals surface area contributed by atoms with Crippen LogP contribution in [-0.2, 0) is 4.74 Å².